The number of aryl methyl sites for hydroxylation is 2. The van der Waals surface area contributed by atoms with E-state index in [1.165, 1.54) is 0 Å². The summed E-state index contributed by atoms with van der Waals surface area (Å²) in [6.07, 6.45) is 1.62. The number of carbonyl (C=O) groups is 1. The molecule has 0 spiro atoms. The largest absolute Gasteiger partial charge is 0.492 e. The number of benzene rings is 2. The normalized spacial score (nSPS) is 10.3. The molecule has 1 heterocycles. The van der Waals surface area contributed by atoms with Crippen LogP contribution < -0.4 is 15.4 Å². The van der Waals surface area contributed by atoms with Gasteiger partial charge in [-0.25, -0.2) is 4.98 Å². The molecular formula is C22H23N3O2. The molecule has 5 nitrogen and oxygen atoms in total. The molecule has 0 saturated carbocycles. The zero-order valence-corrected chi connectivity index (χ0v) is 15.7. The third-order valence-electron chi connectivity index (χ3n) is 4.19. The molecule has 0 saturated heterocycles. The van der Waals surface area contributed by atoms with Gasteiger partial charge in [-0.15, -0.1) is 0 Å². The van der Waals surface area contributed by atoms with E-state index in [0.717, 1.165) is 16.8 Å². The average Bonchev–Trinajstić information content (AvgIpc) is 2.67. The molecule has 0 bridgehead atoms. The fourth-order valence-electron chi connectivity index (χ4n) is 2.83. The number of nitrogens with one attached hydrogen (secondary N) is 2. The average molecular weight is 361 g/mol. The Morgan fingerprint density at radius 3 is 2.52 bits per heavy atom. The van der Waals surface area contributed by atoms with Crippen molar-refractivity contribution in [3.05, 3.63) is 77.5 Å². The van der Waals surface area contributed by atoms with Crippen LogP contribution in [0.5, 0.6) is 5.75 Å². The molecule has 0 aliphatic carbocycles. The van der Waals surface area contributed by atoms with Crippen molar-refractivity contribution in [3.8, 4) is 5.75 Å². The molecule has 0 aliphatic heterocycles. The Morgan fingerprint density at radius 2 is 1.78 bits per heavy atom. The number of carbonyl (C=O) groups excluding carboxylic acids is 1. The minimum absolute atomic E-state index is 0.214. The van der Waals surface area contributed by atoms with E-state index in [0.29, 0.717) is 29.4 Å². The third-order valence-corrected chi connectivity index (χ3v) is 4.19. The number of aromatic nitrogens is 1. The topological polar surface area (TPSA) is 63.2 Å². The minimum Gasteiger partial charge on any atom is -0.492 e. The fourth-order valence-corrected chi connectivity index (χ4v) is 2.83. The SMILES string of the molecule is CCOc1ccccc1NC(=O)c1ccnc(Nc2c(C)cccc2C)c1. The Kier molecular flexibility index (Phi) is 5.71. The lowest BCUT2D eigenvalue weighted by atomic mass is 10.1. The Labute approximate surface area is 159 Å². The molecule has 0 aliphatic rings. The lowest BCUT2D eigenvalue weighted by Crippen LogP contribution is -2.13. The highest BCUT2D eigenvalue weighted by Crippen LogP contribution is 2.26. The summed E-state index contributed by atoms with van der Waals surface area (Å²) in [5.74, 6) is 1.06. The third kappa shape index (κ3) is 4.44. The molecule has 0 fully saturated rings. The van der Waals surface area contributed by atoms with Gasteiger partial charge >= 0.3 is 0 Å². The van der Waals surface area contributed by atoms with Gasteiger partial charge in [-0.2, -0.15) is 0 Å². The number of anilines is 3. The number of nitrogens with zero attached hydrogens (tertiary/aromatic N) is 1. The van der Waals surface area contributed by atoms with Crippen LogP contribution in [0.15, 0.2) is 60.8 Å². The summed E-state index contributed by atoms with van der Waals surface area (Å²) in [6, 6.07) is 16.9. The molecule has 138 valence electrons. The molecule has 0 atom stereocenters. The smallest absolute Gasteiger partial charge is 0.255 e. The second-order valence-electron chi connectivity index (χ2n) is 6.20. The number of pyridine rings is 1. The molecule has 0 unspecified atom stereocenters. The van der Waals surface area contributed by atoms with Crippen LogP contribution in [0.1, 0.15) is 28.4 Å². The maximum absolute atomic E-state index is 12.7. The van der Waals surface area contributed by atoms with Crippen molar-refractivity contribution >= 4 is 23.1 Å². The monoisotopic (exact) mass is 361 g/mol. The van der Waals surface area contributed by atoms with Crippen LogP contribution in [0.3, 0.4) is 0 Å². The van der Waals surface area contributed by atoms with Crippen molar-refractivity contribution in [1.29, 1.82) is 0 Å². The van der Waals surface area contributed by atoms with Crippen LogP contribution >= 0.6 is 0 Å². The van der Waals surface area contributed by atoms with Crippen molar-refractivity contribution < 1.29 is 9.53 Å². The van der Waals surface area contributed by atoms with Gasteiger partial charge < -0.3 is 15.4 Å². The fraction of sp³-hybridized carbons (Fsp3) is 0.182. The molecule has 5 heteroatoms. The molecular weight excluding hydrogens is 338 g/mol. The van der Waals surface area contributed by atoms with Crippen molar-refractivity contribution in [2.45, 2.75) is 20.8 Å². The minimum atomic E-state index is -0.214. The van der Waals surface area contributed by atoms with E-state index in [9.17, 15) is 4.79 Å². The first-order chi connectivity index (χ1) is 13.1. The summed E-state index contributed by atoms with van der Waals surface area (Å²) in [5.41, 5.74) is 4.41. The molecule has 3 aromatic rings. The maximum atomic E-state index is 12.7. The van der Waals surface area contributed by atoms with E-state index in [4.69, 9.17) is 4.74 Å². The summed E-state index contributed by atoms with van der Waals surface area (Å²) >= 11 is 0. The van der Waals surface area contributed by atoms with Crippen molar-refractivity contribution in [2.75, 3.05) is 17.2 Å². The van der Waals surface area contributed by atoms with Crippen LogP contribution in [0, 0.1) is 13.8 Å². The lowest BCUT2D eigenvalue weighted by Gasteiger charge is -2.13. The Balaban J connectivity index is 1.80. The molecule has 3 rings (SSSR count). The van der Waals surface area contributed by atoms with Gasteiger partial charge in [0.2, 0.25) is 0 Å². The summed E-state index contributed by atoms with van der Waals surface area (Å²) in [6.45, 7) is 6.52. The summed E-state index contributed by atoms with van der Waals surface area (Å²) in [4.78, 5) is 17.0. The zero-order chi connectivity index (χ0) is 19.2. The van der Waals surface area contributed by atoms with Gasteiger partial charge in [-0.1, -0.05) is 30.3 Å². The van der Waals surface area contributed by atoms with Crippen LogP contribution in [0.2, 0.25) is 0 Å². The number of ether oxygens (including phenoxy) is 1. The van der Waals surface area contributed by atoms with Gasteiger partial charge in [-0.05, 0) is 56.2 Å². The Hall–Kier alpha value is -3.34. The second-order valence-corrected chi connectivity index (χ2v) is 6.20. The standard InChI is InChI=1S/C22H23N3O2/c1-4-27-19-11-6-5-10-18(19)24-22(26)17-12-13-23-20(14-17)25-21-15(2)8-7-9-16(21)3/h5-14H,4H2,1-3H3,(H,23,25)(H,24,26). The van der Waals surface area contributed by atoms with Crippen LogP contribution in [0.4, 0.5) is 17.2 Å². The molecule has 1 aromatic heterocycles. The molecule has 0 radical (unpaired) electrons. The number of amides is 1. The van der Waals surface area contributed by atoms with Crippen molar-refractivity contribution in [1.82, 2.24) is 4.98 Å². The summed E-state index contributed by atoms with van der Waals surface area (Å²) in [7, 11) is 0. The van der Waals surface area contributed by atoms with E-state index < -0.39 is 0 Å². The van der Waals surface area contributed by atoms with E-state index in [1.54, 1.807) is 18.3 Å². The van der Waals surface area contributed by atoms with Crippen molar-refractivity contribution in [2.24, 2.45) is 0 Å². The molecule has 1 amide bonds. The van der Waals surface area contributed by atoms with Crippen molar-refractivity contribution in [3.63, 3.8) is 0 Å². The van der Waals surface area contributed by atoms with Crippen LogP contribution in [-0.2, 0) is 0 Å². The first kappa shape index (κ1) is 18.5. The van der Waals surface area contributed by atoms with Gasteiger partial charge in [0, 0.05) is 17.4 Å². The zero-order valence-electron chi connectivity index (χ0n) is 15.7. The quantitative estimate of drug-likeness (QED) is 0.642. The number of hydrogen-bond donors (Lipinski definition) is 2. The van der Waals surface area contributed by atoms with E-state index in [1.807, 2.05) is 63.2 Å². The van der Waals surface area contributed by atoms with E-state index in [2.05, 4.69) is 15.6 Å². The van der Waals surface area contributed by atoms with E-state index >= 15 is 0 Å². The highest BCUT2D eigenvalue weighted by Gasteiger charge is 2.11. The Morgan fingerprint density at radius 1 is 1.04 bits per heavy atom. The predicted molar refractivity (Wildman–Crippen MR) is 109 cm³/mol. The number of rotatable bonds is 6. The van der Waals surface area contributed by atoms with Gasteiger partial charge in [0.1, 0.15) is 11.6 Å². The van der Waals surface area contributed by atoms with E-state index in [-0.39, 0.29) is 5.91 Å². The highest BCUT2D eigenvalue weighted by atomic mass is 16.5. The first-order valence-corrected chi connectivity index (χ1v) is 8.91. The second kappa shape index (κ2) is 8.36. The van der Waals surface area contributed by atoms with Crippen LogP contribution in [-0.4, -0.2) is 17.5 Å². The molecule has 27 heavy (non-hydrogen) atoms. The highest BCUT2D eigenvalue weighted by molar-refractivity contribution is 6.05. The lowest BCUT2D eigenvalue weighted by molar-refractivity contribution is 0.102. The Bertz CT molecular complexity index is 934. The summed E-state index contributed by atoms with van der Waals surface area (Å²) in [5, 5.41) is 6.22. The number of hydrogen-bond acceptors (Lipinski definition) is 4. The first-order valence-electron chi connectivity index (χ1n) is 8.91. The molecule has 2 aromatic carbocycles. The van der Waals surface area contributed by atoms with Gasteiger partial charge in [-0.3, -0.25) is 4.79 Å². The maximum Gasteiger partial charge on any atom is 0.255 e. The molecule has 2 N–H and O–H groups in total. The van der Waals surface area contributed by atoms with Gasteiger partial charge in [0.25, 0.3) is 5.91 Å². The summed E-state index contributed by atoms with van der Waals surface area (Å²) < 4.78 is 5.56. The van der Waals surface area contributed by atoms with Crippen LogP contribution in [0.25, 0.3) is 0 Å². The van der Waals surface area contributed by atoms with Gasteiger partial charge in [0.15, 0.2) is 0 Å². The van der Waals surface area contributed by atoms with Gasteiger partial charge in [0.05, 0.1) is 12.3 Å². The predicted octanol–water partition coefficient (Wildman–Crippen LogP) is 5.09. The number of para-hydroxylation sites is 3.